The summed E-state index contributed by atoms with van der Waals surface area (Å²) in [6.07, 6.45) is 0. The summed E-state index contributed by atoms with van der Waals surface area (Å²) in [4.78, 5) is 0. The molecule has 2 aromatic heterocycles. The topological polar surface area (TPSA) is 9.86 Å². The smallest absolute Gasteiger partial charge is 0.0789 e. The van der Waals surface area contributed by atoms with Crippen LogP contribution in [0.3, 0.4) is 0 Å². The maximum Gasteiger partial charge on any atom is 0.0789 e. The Morgan fingerprint density at radius 3 is 1.62 bits per heavy atom. The van der Waals surface area contributed by atoms with E-state index in [0.29, 0.717) is 0 Å². The molecule has 0 atom stereocenters. The highest BCUT2D eigenvalue weighted by Crippen LogP contribution is 2.50. The van der Waals surface area contributed by atoms with E-state index in [1.165, 1.54) is 93.8 Å². The van der Waals surface area contributed by atoms with Crippen LogP contribution in [0.15, 0.2) is 182 Å². The van der Waals surface area contributed by atoms with Gasteiger partial charge in [0.1, 0.15) is 0 Å². The molecule has 11 rings (SSSR count). The van der Waals surface area contributed by atoms with Gasteiger partial charge < -0.3 is 9.13 Å². The second kappa shape index (κ2) is 11.2. The Kier molecular flexibility index (Phi) is 6.33. The largest absolute Gasteiger partial charge is 0.307 e. The number of fused-ring (bicyclic) bond motifs is 10. The van der Waals surface area contributed by atoms with Gasteiger partial charge in [0.25, 0.3) is 0 Å². The van der Waals surface area contributed by atoms with Crippen LogP contribution < -0.4 is 0 Å². The second-order valence-electron chi connectivity index (χ2n) is 14.9. The minimum absolute atomic E-state index is 0.0326. The molecule has 250 valence electrons. The van der Waals surface area contributed by atoms with Crippen LogP contribution in [-0.4, -0.2) is 9.13 Å². The normalized spacial score (nSPS) is 13.2. The van der Waals surface area contributed by atoms with Crippen LogP contribution in [0.25, 0.3) is 88.4 Å². The van der Waals surface area contributed by atoms with Gasteiger partial charge in [-0.15, -0.1) is 0 Å². The van der Waals surface area contributed by atoms with Crippen molar-refractivity contribution in [3.63, 3.8) is 0 Å². The molecular weight excluding hydrogens is 641 g/mol. The fourth-order valence-corrected chi connectivity index (χ4v) is 9.25. The molecule has 0 saturated heterocycles. The van der Waals surface area contributed by atoms with Crippen LogP contribution >= 0.6 is 0 Å². The Morgan fingerprint density at radius 1 is 0.358 bits per heavy atom. The summed E-state index contributed by atoms with van der Waals surface area (Å²) < 4.78 is 5.01. The quantitative estimate of drug-likeness (QED) is 0.176. The SMILES string of the molecule is CC1(C)c2ccccc2-c2cc(-c3ccccc3-n3c4ccccc4c4ccc5c6ccccc6n(-c6ccc(-c7ccccc7)cc6)c5c43)ccc21. The van der Waals surface area contributed by atoms with Crippen molar-refractivity contribution >= 4 is 43.6 Å². The molecular formula is C51H36N2. The van der Waals surface area contributed by atoms with Crippen molar-refractivity contribution in [3.05, 3.63) is 193 Å². The standard InChI is InChI=1S/C51H36N2/c1-51(2)44-20-10-6-17-38(44)43-32-35(26-31-45(43)51)37-16-7-11-21-46(37)53-48-23-13-9-19-40(48)42-30-29-41-39-18-8-12-22-47(39)52(49(41)50(42)53)36-27-24-34(25-28-36)33-14-4-3-5-15-33/h3-32H,1-2H3. The fourth-order valence-electron chi connectivity index (χ4n) is 9.25. The lowest BCUT2D eigenvalue weighted by molar-refractivity contribution is 0.660. The molecule has 0 N–H and O–H groups in total. The van der Waals surface area contributed by atoms with Gasteiger partial charge in [0, 0.05) is 38.2 Å². The zero-order valence-electron chi connectivity index (χ0n) is 29.7. The van der Waals surface area contributed by atoms with E-state index in [1.54, 1.807) is 0 Å². The molecule has 2 heterocycles. The lowest BCUT2D eigenvalue weighted by Gasteiger charge is -2.21. The lowest BCUT2D eigenvalue weighted by atomic mass is 9.82. The van der Waals surface area contributed by atoms with Crippen molar-refractivity contribution in [2.45, 2.75) is 19.3 Å². The number of hydrogen-bond donors (Lipinski definition) is 0. The number of rotatable bonds is 4. The number of nitrogens with zero attached hydrogens (tertiary/aromatic N) is 2. The van der Waals surface area contributed by atoms with E-state index in [4.69, 9.17) is 0 Å². The number of benzene rings is 8. The second-order valence-corrected chi connectivity index (χ2v) is 14.9. The molecule has 0 unspecified atom stereocenters. The van der Waals surface area contributed by atoms with E-state index in [9.17, 15) is 0 Å². The molecule has 2 nitrogen and oxygen atoms in total. The summed E-state index contributed by atoms with van der Waals surface area (Å²) in [5, 5.41) is 5.00. The third-order valence-corrected chi connectivity index (χ3v) is 11.7. The van der Waals surface area contributed by atoms with Crippen molar-refractivity contribution in [3.8, 4) is 44.8 Å². The van der Waals surface area contributed by atoms with E-state index in [1.807, 2.05) is 0 Å². The van der Waals surface area contributed by atoms with Crippen molar-refractivity contribution in [2.75, 3.05) is 0 Å². The molecule has 0 radical (unpaired) electrons. The van der Waals surface area contributed by atoms with Crippen LogP contribution in [0.1, 0.15) is 25.0 Å². The number of aromatic nitrogens is 2. The Morgan fingerprint density at radius 2 is 0.887 bits per heavy atom. The molecule has 0 bridgehead atoms. The summed E-state index contributed by atoms with van der Waals surface area (Å²) in [7, 11) is 0. The highest BCUT2D eigenvalue weighted by molar-refractivity contribution is 6.24. The molecule has 0 amide bonds. The molecule has 0 aliphatic heterocycles. The molecule has 1 aliphatic carbocycles. The monoisotopic (exact) mass is 676 g/mol. The molecule has 1 aliphatic rings. The van der Waals surface area contributed by atoms with E-state index in [0.717, 1.165) is 5.69 Å². The molecule has 8 aromatic carbocycles. The predicted octanol–water partition coefficient (Wildman–Crippen LogP) is 13.5. The zero-order chi connectivity index (χ0) is 35.3. The van der Waals surface area contributed by atoms with Gasteiger partial charge in [-0.2, -0.15) is 0 Å². The summed E-state index contributed by atoms with van der Waals surface area (Å²) in [6, 6.07) is 67.1. The van der Waals surface area contributed by atoms with Gasteiger partial charge in [0.2, 0.25) is 0 Å². The average Bonchev–Trinajstić information content (AvgIpc) is 3.81. The summed E-state index contributed by atoms with van der Waals surface area (Å²) in [6.45, 7) is 4.70. The van der Waals surface area contributed by atoms with Crippen LogP contribution in [0, 0.1) is 0 Å². The van der Waals surface area contributed by atoms with Gasteiger partial charge in [-0.05, 0) is 75.3 Å². The first-order valence-corrected chi connectivity index (χ1v) is 18.5. The average molecular weight is 677 g/mol. The minimum atomic E-state index is -0.0326. The lowest BCUT2D eigenvalue weighted by Crippen LogP contribution is -2.14. The first-order chi connectivity index (χ1) is 26.1. The Labute approximate surface area is 308 Å². The zero-order valence-corrected chi connectivity index (χ0v) is 29.7. The Bertz CT molecular complexity index is 3060. The van der Waals surface area contributed by atoms with Gasteiger partial charge in [-0.3, -0.25) is 0 Å². The van der Waals surface area contributed by atoms with E-state index in [2.05, 4.69) is 205 Å². The van der Waals surface area contributed by atoms with Gasteiger partial charge in [0.15, 0.2) is 0 Å². The van der Waals surface area contributed by atoms with Crippen molar-refractivity contribution in [2.24, 2.45) is 0 Å². The predicted molar refractivity (Wildman–Crippen MR) is 224 cm³/mol. The maximum absolute atomic E-state index is 2.53. The minimum Gasteiger partial charge on any atom is -0.307 e. The van der Waals surface area contributed by atoms with Crippen LogP contribution in [0.5, 0.6) is 0 Å². The van der Waals surface area contributed by atoms with Crippen LogP contribution in [-0.2, 0) is 5.41 Å². The van der Waals surface area contributed by atoms with Crippen LogP contribution in [0.4, 0.5) is 0 Å². The van der Waals surface area contributed by atoms with E-state index >= 15 is 0 Å². The third kappa shape index (κ3) is 4.27. The summed E-state index contributed by atoms with van der Waals surface area (Å²) in [5.74, 6) is 0. The maximum atomic E-state index is 2.53. The molecule has 10 aromatic rings. The first kappa shape index (κ1) is 30.0. The molecule has 0 fully saturated rings. The number of para-hydroxylation sites is 3. The highest BCUT2D eigenvalue weighted by Gasteiger charge is 2.35. The molecule has 0 saturated carbocycles. The van der Waals surface area contributed by atoms with Gasteiger partial charge in [-0.1, -0.05) is 159 Å². The van der Waals surface area contributed by atoms with E-state index < -0.39 is 0 Å². The summed E-state index contributed by atoms with van der Waals surface area (Å²) in [5.41, 5.74) is 17.5. The Hall–Kier alpha value is -6.64. The van der Waals surface area contributed by atoms with E-state index in [-0.39, 0.29) is 5.41 Å². The van der Waals surface area contributed by atoms with Gasteiger partial charge in [0.05, 0.1) is 27.8 Å². The fraction of sp³-hybridized carbons (Fsp3) is 0.0588. The van der Waals surface area contributed by atoms with Crippen molar-refractivity contribution in [1.29, 1.82) is 0 Å². The Balaban J connectivity index is 1.21. The highest BCUT2D eigenvalue weighted by atomic mass is 15.0. The summed E-state index contributed by atoms with van der Waals surface area (Å²) >= 11 is 0. The molecule has 2 heteroatoms. The van der Waals surface area contributed by atoms with Gasteiger partial charge >= 0.3 is 0 Å². The van der Waals surface area contributed by atoms with Crippen LogP contribution in [0.2, 0.25) is 0 Å². The van der Waals surface area contributed by atoms with Gasteiger partial charge in [-0.25, -0.2) is 0 Å². The van der Waals surface area contributed by atoms with Crippen molar-refractivity contribution in [1.82, 2.24) is 9.13 Å². The first-order valence-electron chi connectivity index (χ1n) is 18.5. The molecule has 0 spiro atoms. The number of hydrogen-bond acceptors (Lipinski definition) is 0. The molecule has 53 heavy (non-hydrogen) atoms. The third-order valence-electron chi connectivity index (χ3n) is 11.7. The van der Waals surface area contributed by atoms with Crippen molar-refractivity contribution < 1.29 is 0 Å².